The molecule has 7 heteroatoms. The molecule has 1 N–H and O–H groups in total. The molecular weight excluding hydrogens is 312 g/mol. The Labute approximate surface area is 139 Å². The van der Waals surface area contributed by atoms with Gasteiger partial charge < -0.3 is 19.3 Å². The van der Waals surface area contributed by atoms with Crippen LogP contribution in [0.5, 0.6) is 5.75 Å². The number of hydrogen-bond acceptors (Lipinski definition) is 6. The van der Waals surface area contributed by atoms with E-state index < -0.39 is 18.5 Å². The molecule has 24 heavy (non-hydrogen) atoms. The highest BCUT2D eigenvalue weighted by molar-refractivity contribution is 5.96. The molecule has 1 amide bonds. The smallest absolute Gasteiger partial charge is 0.344 e. The van der Waals surface area contributed by atoms with Crippen molar-refractivity contribution in [1.29, 1.82) is 0 Å². The molecular formula is C17H20N2O5. The predicted molar refractivity (Wildman–Crippen MR) is 87.2 cm³/mol. The summed E-state index contributed by atoms with van der Waals surface area (Å²) in [6.45, 7) is 5.02. The molecule has 2 rings (SSSR count). The molecule has 0 fully saturated rings. The Hall–Kier alpha value is -2.83. The Morgan fingerprint density at radius 3 is 2.50 bits per heavy atom. The first-order valence-electron chi connectivity index (χ1n) is 7.49. The van der Waals surface area contributed by atoms with Crippen molar-refractivity contribution in [2.75, 3.05) is 19.0 Å². The number of rotatable bonds is 6. The van der Waals surface area contributed by atoms with Crippen molar-refractivity contribution in [2.24, 2.45) is 0 Å². The summed E-state index contributed by atoms with van der Waals surface area (Å²) < 4.78 is 15.2. The second kappa shape index (κ2) is 7.63. The van der Waals surface area contributed by atoms with Crippen LogP contribution in [0, 0.1) is 6.92 Å². The SMILES string of the molecule is COc1ccc(NC(=O)COC(=O)c2c(C)noc2C(C)C)cc1. The number of amides is 1. The third-order valence-corrected chi connectivity index (χ3v) is 3.33. The Morgan fingerprint density at radius 2 is 1.92 bits per heavy atom. The van der Waals surface area contributed by atoms with Crippen molar-refractivity contribution in [1.82, 2.24) is 5.16 Å². The van der Waals surface area contributed by atoms with Crippen LogP contribution in [0.15, 0.2) is 28.8 Å². The minimum absolute atomic E-state index is 0.0122. The van der Waals surface area contributed by atoms with Crippen molar-refractivity contribution >= 4 is 17.6 Å². The van der Waals surface area contributed by atoms with E-state index in [0.717, 1.165) is 0 Å². The van der Waals surface area contributed by atoms with Crippen LogP contribution in [0.4, 0.5) is 5.69 Å². The zero-order valence-corrected chi connectivity index (χ0v) is 14.1. The number of hydrogen-bond donors (Lipinski definition) is 1. The summed E-state index contributed by atoms with van der Waals surface area (Å²) in [6, 6.07) is 6.83. The van der Waals surface area contributed by atoms with Crippen molar-refractivity contribution in [3.63, 3.8) is 0 Å². The van der Waals surface area contributed by atoms with Crippen molar-refractivity contribution in [3.05, 3.63) is 41.3 Å². The Bertz CT molecular complexity index is 719. The van der Waals surface area contributed by atoms with Gasteiger partial charge in [-0.2, -0.15) is 0 Å². The standard InChI is InChI=1S/C17H20N2O5/c1-10(2)16-15(11(3)19-24-16)17(21)23-9-14(20)18-12-5-7-13(22-4)8-6-12/h5-8,10H,9H2,1-4H3,(H,18,20). The van der Waals surface area contributed by atoms with Gasteiger partial charge in [0.25, 0.3) is 5.91 Å². The molecule has 1 heterocycles. The van der Waals surface area contributed by atoms with E-state index in [0.29, 0.717) is 22.9 Å². The van der Waals surface area contributed by atoms with Crippen LogP contribution in [-0.4, -0.2) is 30.7 Å². The molecule has 0 bridgehead atoms. The molecule has 128 valence electrons. The van der Waals surface area contributed by atoms with Crippen LogP contribution >= 0.6 is 0 Å². The number of aromatic nitrogens is 1. The molecule has 2 aromatic rings. The topological polar surface area (TPSA) is 90.7 Å². The van der Waals surface area contributed by atoms with Gasteiger partial charge in [0.15, 0.2) is 12.4 Å². The van der Waals surface area contributed by atoms with Gasteiger partial charge in [0.1, 0.15) is 11.3 Å². The maximum Gasteiger partial charge on any atom is 0.344 e. The van der Waals surface area contributed by atoms with Gasteiger partial charge in [0.2, 0.25) is 0 Å². The highest BCUT2D eigenvalue weighted by atomic mass is 16.5. The first-order chi connectivity index (χ1) is 11.4. The molecule has 1 aromatic heterocycles. The number of esters is 1. The van der Waals surface area contributed by atoms with Gasteiger partial charge in [-0.3, -0.25) is 4.79 Å². The maximum atomic E-state index is 12.2. The Balaban J connectivity index is 1.93. The highest BCUT2D eigenvalue weighted by Crippen LogP contribution is 2.23. The monoisotopic (exact) mass is 332 g/mol. The van der Waals surface area contributed by atoms with E-state index >= 15 is 0 Å². The normalized spacial score (nSPS) is 10.5. The second-order valence-corrected chi connectivity index (χ2v) is 5.51. The molecule has 0 unspecified atom stereocenters. The van der Waals surface area contributed by atoms with Crippen LogP contribution in [0.3, 0.4) is 0 Å². The highest BCUT2D eigenvalue weighted by Gasteiger charge is 2.24. The maximum absolute atomic E-state index is 12.2. The molecule has 0 saturated heterocycles. The fraction of sp³-hybridized carbons (Fsp3) is 0.353. The Morgan fingerprint density at radius 1 is 1.25 bits per heavy atom. The number of benzene rings is 1. The van der Waals surface area contributed by atoms with Gasteiger partial charge in [-0.25, -0.2) is 4.79 Å². The lowest BCUT2D eigenvalue weighted by Crippen LogP contribution is -2.21. The minimum atomic E-state index is -0.623. The fourth-order valence-corrected chi connectivity index (χ4v) is 2.10. The van der Waals surface area contributed by atoms with Crippen LogP contribution in [0.2, 0.25) is 0 Å². The molecule has 0 radical (unpaired) electrons. The number of methoxy groups -OCH3 is 1. The second-order valence-electron chi connectivity index (χ2n) is 5.51. The summed E-state index contributed by atoms with van der Waals surface area (Å²) in [4.78, 5) is 24.1. The van der Waals surface area contributed by atoms with E-state index in [9.17, 15) is 9.59 Å². The molecule has 0 aliphatic rings. The summed E-state index contributed by atoms with van der Waals surface area (Å²) in [5, 5.41) is 6.42. The van der Waals surface area contributed by atoms with Gasteiger partial charge in [0, 0.05) is 11.6 Å². The zero-order chi connectivity index (χ0) is 17.7. The van der Waals surface area contributed by atoms with Gasteiger partial charge in [-0.1, -0.05) is 19.0 Å². The molecule has 7 nitrogen and oxygen atoms in total. The third-order valence-electron chi connectivity index (χ3n) is 3.33. The number of carbonyl (C=O) groups is 2. The molecule has 0 spiro atoms. The molecule has 0 atom stereocenters. The van der Waals surface area contributed by atoms with Crippen molar-refractivity contribution in [2.45, 2.75) is 26.7 Å². The van der Waals surface area contributed by atoms with E-state index in [4.69, 9.17) is 14.0 Å². The average Bonchev–Trinajstić information content (AvgIpc) is 2.95. The number of aryl methyl sites for hydroxylation is 1. The summed E-state index contributed by atoms with van der Waals surface area (Å²) in [5.74, 6) is 0.0644. The summed E-state index contributed by atoms with van der Waals surface area (Å²) in [5.41, 5.74) is 1.31. The summed E-state index contributed by atoms with van der Waals surface area (Å²) in [6.07, 6.45) is 0. The summed E-state index contributed by atoms with van der Waals surface area (Å²) >= 11 is 0. The van der Waals surface area contributed by atoms with Crippen LogP contribution in [0.1, 0.15) is 41.6 Å². The van der Waals surface area contributed by atoms with Crippen molar-refractivity contribution in [3.8, 4) is 5.75 Å². The first kappa shape index (κ1) is 17.5. The lowest BCUT2D eigenvalue weighted by atomic mass is 10.1. The van der Waals surface area contributed by atoms with Crippen LogP contribution in [0.25, 0.3) is 0 Å². The Kier molecular flexibility index (Phi) is 5.57. The van der Waals surface area contributed by atoms with E-state index in [2.05, 4.69) is 10.5 Å². The quantitative estimate of drug-likeness (QED) is 0.818. The van der Waals surface area contributed by atoms with E-state index in [1.165, 1.54) is 0 Å². The van der Waals surface area contributed by atoms with Crippen LogP contribution < -0.4 is 10.1 Å². The van der Waals surface area contributed by atoms with Crippen LogP contribution in [-0.2, 0) is 9.53 Å². The lowest BCUT2D eigenvalue weighted by molar-refractivity contribution is -0.119. The molecule has 0 saturated carbocycles. The van der Waals surface area contributed by atoms with Gasteiger partial charge in [0.05, 0.1) is 12.8 Å². The van der Waals surface area contributed by atoms with E-state index in [1.54, 1.807) is 38.3 Å². The first-order valence-corrected chi connectivity index (χ1v) is 7.49. The van der Waals surface area contributed by atoms with Gasteiger partial charge in [-0.15, -0.1) is 0 Å². The fourth-order valence-electron chi connectivity index (χ4n) is 2.10. The number of ether oxygens (including phenoxy) is 2. The number of anilines is 1. The van der Waals surface area contributed by atoms with Gasteiger partial charge in [-0.05, 0) is 31.2 Å². The molecule has 0 aliphatic carbocycles. The number of nitrogens with zero attached hydrogens (tertiary/aromatic N) is 1. The van der Waals surface area contributed by atoms with Gasteiger partial charge >= 0.3 is 5.97 Å². The van der Waals surface area contributed by atoms with E-state index in [-0.39, 0.29) is 11.5 Å². The van der Waals surface area contributed by atoms with Crippen molar-refractivity contribution < 1.29 is 23.6 Å². The number of nitrogens with one attached hydrogen (secondary N) is 1. The molecule has 0 aliphatic heterocycles. The minimum Gasteiger partial charge on any atom is -0.497 e. The zero-order valence-electron chi connectivity index (χ0n) is 14.1. The lowest BCUT2D eigenvalue weighted by Gasteiger charge is -2.08. The summed E-state index contributed by atoms with van der Waals surface area (Å²) in [7, 11) is 1.56. The number of carbonyl (C=O) groups excluding carboxylic acids is 2. The van der Waals surface area contributed by atoms with E-state index in [1.807, 2.05) is 13.8 Å². The largest absolute Gasteiger partial charge is 0.497 e. The molecule has 1 aromatic carbocycles. The predicted octanol–water partition coefficient (Wildman–Crippen LogP) is 2.91. The average molecular weight is 332 g/mol. The third kappa shape index (κ3) is 4.13.